The van der Waals surface area contributed by atoms with Crippen LogP contribution in [-0.2, 0) is 0 Å². The number of rotatable bonds is 15. The van der Waals surface area contributed by atoms with E-state index < -0.39 is 0 Å². The van der Waals surface area contributed by atoms with Gasteiger partial charge < -0.3 is 15.2 Å². The third kappa shape index (κ3) is 8.77. The summed E-state index contributed by atoms with van der Waals surface area (Å²) in [5, 5.41) is 0. The first-order valence-corrected chi connectivity index (χ1v) is 21.9. The predicted octanol–water partition coefficient (Wildman–Crippen LogP) is 13.7. The van der Waals surface area contributed by atoms with E-state index in [1.165, 1.54) is 108 Å². The Kier molecular flexibility index (Phi) is 13.0. The van der Waals surface area contributed by atoms with Crippen molar-refractivity contribution in [2.24, 2.45) is 17.8 Å². The van der Waals surface area contributed by atoms with Crippen LogP contribution in [0.5, 0.6) is 17.2 Å². The summed E-state index contributed by atoms with van der Waals surface area (Å²) in [6.45, 7) is 9.45. The Labute approximate surface area is 335 Å². The number of ether oxygens (including phenoxy) is 2. The monoisotopic (exact) mass is 753 g/mol. The Morgan fingerprint density at radius 2 is 1.18 bits per heavy atom. The maximum absolute atomic E-state index is 14.2. The molecule has 0 bridgehead atoms. The van der Waals surface area contributed by atoms with Crippen LogP contribution in [0.15, 0.2) is 66.7 Å². The number of nitrogen functional groups attached to an aromatic ring is 1. The number of nitrogens with two attached hydrogens (primary N) is 1. The third-order valence-corrected chi connectivity index (χ3v) is 13.3. The highest BCUT2D eigenvalue weighted by atomic mass is 16.5. The lowest BCUT2D eigenvalue weighted by Crippen LogP contribution is -2.23. The van der Waals surface area contributed by atoms with E-state index in [1.807, 2.05) is 18.2 Å². The molecular weight excluding hydrogens is 691 g/mol. The molecule has 0 aliphatic heterocycles. The van der Waals surface area contributed by atoms with Gasteiger partial charge in [0.25, 0.3) is 0 Å². The van der Waals surface area contributed by atoms with Crippen molar-refractivity contribution in [1.82, 2.24) is 0 Å². The molecule has 0 radical (unpaired) electrons. The van der Waals surface area contributed by atoms with Gasteiger partial charge in [0.1, 0.15) is 17.2 Å². The molecule has 2 N–H and O–H groups in total. The van der Waals surface area contributed by atoms with Gasteiger partial charge in [0.05, 0.1) is 23.4 Å². The quantitative estimate of drug-likeness (QED) is 0.0851. The molecule has 4 aromatic rings. The number of ketones is 2. The van der Waals surface area contributed by atoms with Crippen LogP contribution in [0, 0.1) is 31.6 Å². The first kappa shape index (κ1) is 39.8. The molecule has 7 rings (SSSR count). The summed E-state index contributed by atoms with van der Waals surface area (Å²) in [7, 11) is 0. The Morgan fingerprint density at radius 1 is 0.625 bits per heavy atom. The van der Waals surface area contributed by atoms with Crippen LogP contribution < -0.4 is 15.2 Å². The predicted molar refractivity (Wildman–Crippen MR) is 230 cm³/mol. The minimum atomic E-state index is -0.256. The fourth-order valence-electron chi connectivity index (χ4n) is 9.92. The average molecular weight is 754 g/mol. The van der Waals surface area contributed by atoms with Gasteiger partial charge >= 0.3 is 0 Å². The van der Waals surface area contributed by atoms with Crippen LogP contribution in [0.1, 0.15) is 171 Å². The third-order valence-electron chi connectivity index (χ3n) is 13.3. The molecule has 0 unspecified atom stereocenters. The number of unbranched alkanes of at least 4 members (excludes halogenated alkanes) is 4. The Hall–Kier alpha value is -4.38. The van der Waals surface area contributed by atoms with Gasteiger partial charge in [0, 0.05) is 16.7 Å². The molecule has 0 spiro atoms. The van der Waals surface area contributed by atoms with E-state index in [4.69, 9.17) is 15.2 Å². The molecule has 3 aliphatic carbocycles. The Bertz CT molecular complexity index is 1970. The van der Waals surface area contributed by atoms with Crippen LogP contribution in [0.2, 0.25) is 0 Å². The van der Waals surface area contributed by atoms with Gasteiger partial charge in [0.15, 0.2) is 11.6 Å². The van der Waals surface area contributed by atoms with Gasteiger partial charge in [-0.15, -0.1) is 0 Å². The van der Waals surface area contributed by atoms with Crippen molar-refractivity contribution in [3.8, 4) is 28.4 Å². The Balaban J connectivity index is 1.02. The minimum absolute atomic E-state index is 0.248. The van der Waals surface area contributed by atoms with Gasteiger partial charge in [-0.2, -0.15) is 0 Å². The van der Waals surface area contributed by atoms with Gasteiger partial charge in [-0.1, -0.05) is 108 Å². The lowest BCUT2D eigenvalue weighted by molar-refractivity contribution is 0.0977. The van der Waals surface area contributed by atoms with Crippen LogP contribution >= 0.6 is 0 Å². The Morgan fingerprint density at radius 3 is 1.80 bits per heavy atom. The van der Waals surface area contributed by atoms with Crippen molar-refractivity contribution in [3.05, 3.63) is 106 Å². The summed E-state index contributed by atoms with van der Waals surface area (Å²) in [5.41, 5.74) is 13.4. The van der Waals surface area contributed by atoms with E-state index in [0.29, 0.717) is 45.7 Å². The molecule has 2 saturated carbocycles. The van der Waals surface area contributed by atoms with Gasteiger partial charge in [-0.25, -0.2) is 0 Å². The number of hydrogen-bond acceptors (Lipinski definition) is 5. The van der Waals surface area contributed by atoms with Crippen LogP contribution in [0.25, 0.3) is 11.1 Å². The first-order valence-electron chi connectivity index (χ1n) is 21.9. The molecule has 5 nitrogen and oxygen atoms in total. The molecule has 0 heterocycles. The summed E-state index contributed by atoms with van der Waals surface area (Å²) < 4.78 is 12.8. The largest absolute Gasteiger partial charge is 0.493 e. The van der Waals surface area contributed by atoms with Crippen molar-refractivity contribution in [3.63, 3.8) is 0 Å². The molecular formula is C51H63NO4. The van der Waals surface area contributed by atoms with Gasteiger partial charge in [-0.3, -0.25) is 9.59 Å². The van der Waals surface area contributed by atoms with Gasteiger partial charge in [0.2, 0.25) is 0 Å². The van der Waals surface area contributed by atoms with E-state index in [9.17, 15) is 9.59 Å². The summed E-state index contributed by atoms with van der Waals surface area (Å²) in [5.74, 6) is 4.41. The number of carbonyl (C=O) groups is 2. The van der Waals surface area contributed by atoms with E-state index in [2.05, 4.69) is 52.0 Å². The topological polar surface area (TPSA) is 78.6 Å². The second kappa shape index (κ2) is 18.3. The molecule has 0 aromatic heterocycles. The number of fused-ring (bicyclic) bond motifs is 2. The highest BCUT2D eigenvalue weighted by Crippen LogP contribution is 2.43. The second-order valence-electron chi connectivity index (χ2n) is 17.3. The molecule has 5 heteroatoms. The zero-order valence-corrected chi connectivity index (χ0v) is 34.4. The minimum Gasteiger partial charge on any atom is -0.493 e. The summed E-state index contributed by atoms with van der Waals surface area (Å²) in [6.07, 6.45) is 21.0. The van der Waals surface area contributed by atoms with E-state index in [0.717, 1.165) is 46.4 Å². The van der Waals surface area contributed by atoms with E-state index in [1.54, 1.807) is 24.3 Å². The highest BCUT2D eigenvalue weighted by molar-refractivity contribution is 6.31. The summed E-state index contributed by atoms with van der Waals surface area (Å²) >= 11 is 0. The summed E-state index contributed by atoms with van der Waals surface area (Å²) in [6, 6.07) is 21.4. The van der Waals surface area contributed by atoms with Crippen LogP contribution in [0.3, 0.4) is 0 Å². The standard InChI is InChI=1S/C51H63NO4/c1-5-7-9-12-35-16-18-37(19-17-35)32-55-51-33(3)30-40(31-34(51)4)42-28-29-44-47(48(42)52)50(54)43-14-11-15-45(46(43)49(44)53)56-41-26-24-39(25-27-41)38-22-20-36(21-23-38)13-10-8-6-2/h11,14-15,24-31,35-38H,5-10,12-13,16-23,32,52H2,1-4H3. The van der Waals surface area contributed by atoms with E-state index >= 15 is 0 Å². The first-order chi connectivity index (χ1) is 27.2. The molecule has 56 heavy (non-hydrogen) atoms. The average Bonchev–Trinajstić information content (AvgIpc) is 3.21. The van der Waals surface area contributed by atoms with E-state index in [-0.39, 0.29) is 17.1 Å². The summed E-state index contributed by atoms with van der Waals surface area (Å²) in [4.78, 5) is 28.3. The molecule has 296 valence electrons. The highest BCUT2D eigenvalue weighted by Gasteiger charge is 2.35. The van der Waals surface area contributed by atoms with Crippen molar-refractivity contribution in [2.45, 2.75) is 136 Å². The molecule has 4 aromatic carbocycles. The number of anilines is 1. The number of benzene rings is 4. The molecule has 0 atom stereocenters. The normalized spacial score (nSPS) is 20.7. The fourth-order valence-corrected chi connectivity index (χ4v) is 9.92. The van der Waals surface area contributed by atoms with Crippen LogP contribution in [0.4, 0.5) is 5.69 Å². The second-order valence-corrected chi connectivity index (χ2v) is 17.3. The SMILES string of the molecule is CCCCCC1CCC(COc2c(C)cc(-c3ccc4c(c3N)C(=O)c3cccc(Oc5ccc(C6CCC(CCCCC)CC6)cc5)c3C4=O)cc2C)CC1. The number of carbonyl (C=O) groups excluding carboxylic acids is 2. The molecule has 2 fully saturated rings. The smallest absolute Gasteiger partial charge is 0.198 e. The van der Waals surface area contributed by atoms with Crippen LogP contribution in [-0.4, -0.2) is 18.2 Å². The lowest BCUT2D eigenvalue weighted by Gasteiger charge is -2.29. The van der Waals surface area contributed by atoms with Gasteiger partial charge in [-0.05, 0) is 135 Å². The molecule has 0 saturated heterocycles. The zero-order chi connectivity index (χ0) is 39.2. The molecule has 0 amide bonds. The lowest BCUT2D eigenvalue weighted by atomic mass is 9.77. The maximum atomic E-state index is 14.2. The maximum Gasteiger partial charge on any atom is 0.198 e. The van der Waals surface area contributed by atoms with Crippen molar-refractivity contribution < 1.29 is 19.1 Å². The fraction of sp³-hybridized carbons (Fsp3) is 0.490. The molecule has 3 aliphatic rings. The van der Waals surface area contributed by atoms with Crippen molar-refractivity contribution in [1.29, 1.82) is 0 Å². The van der Waals surface area contributed by atoms with Crippen molar-refractivity contribution in [2.75, 3.05) is 12.3 Å². The van der Waals surface area contributed by atoms with Crippen molar-refractivity contribution >= 4 is 17.3 Å². The number of aryl methyl sites for hydroxylation is 2. The number of hydrogen-bond donors (Lipinski definition) is 1. The zero-order valence-electron chi connectivity index (χ0n) is 34.4.